The Morgan fingerprint density at radius 2 is 2.35 bits per heavy atom. The van der Waals surface area contributed by atoms with Crippen molar-refractivity contribution >= 4 is 5.78 Å². The lowest BCUT2D eigenvalue weighted by Gasteiger charge is -2.23. The number of aryl methyl sites for hydroxylation is 1. The van der Waals surface area contributed by atoms with E-state index in [9.17, 15) is 4.79 Å². The zero-order valence-corrected chi connectivity index (χ0v) is 10.6. The van der Waals surface area contributed by atoms with E-state index in [4.69, 9.17) is 0 Å². The van der Waals surface area contributed by atoms with Crippen LogP contribution in [0.5, 0.6) is 0 Å². The van der Waals surface area contributed by atoms with Gasteiger partial charge in [0.25, 0.3) is 0 Å². The molecule has 1 aliphatic rings. The van der Waals surface area contributed by atoms with Crippen LogP contribution in [0.3, 0.4) is 0 Å². The van der Waals surface area contributed by atoms with Gasteiger partial charge in [0.05, 0.1) is 11.6 Å². The summed E-state index contributed by atoms with van der Waals surface area (Å²) in [7, 11) is 0. The van der Waals surface area contributed by atoms with E-state index in [0.29, 0.717) is 5.78 Å². The third-order valence-electron chi connectivity index (χ3n) is 3.61. The fourth-order valence-electron chi connectivity index (χ4n) is 2.65. The van der Waals surface area contributed by atoms with Gasteiger partial charge in [0.15, 0.2) is 0 Å². The first-order valence-corrected chi connectivity index (χ1v) is 6.79. The molecule has 2 nitrogen and oxygen atoms in total. The molecule has 1 aliphatic carbocycles. The topological polar surface area (TPSA) is 30.0 Å². The fraction of sp³-hybridized carbons (Fsp3) is 0.600. The summed E-state index contributed by atoms with van der Waals surface area (Å²) >= 11 is 0. The number of fused-ring (bicyclic) bond motifs is 1. The summed E-state index contributed by atoms with van der Waals surface area (Å²) in [6.45, 7) is 2.17. The number of hydrogen-bond acceptors (Lipinski definition) is 2. The zero-order chi connectivity index (χ0) is 12.1. The van der Waals surface area contributed by atoms with E-state index < -0.39 is 0 Å². The van der Waals surface area contributed by atoms with Crippen molar-refractivity contribution in [3.63, 3.8) is 0 Å². The second kappa shape index (κ2) is 5.95. The predicted octanol–water partition coefficient (Wildman–Crippen LogP) is 3.65. The lowest BCUT2D eigenvalue weighted by Crippen LogP contribution is -2.19. The standard InChI is InChI=1S/C15H21NO/c1-2-3-4-10-14(17)13-9-5-7-12-8-6-11-16-15(12)13/h6,8,11,13H,2-5,7,9-10H2,1H3. The Morgan fingerprint density at radius 1 is 1.47 bits per heavy atom. The third-order valence-corrected chi connectivity index (χ3v) is 3.61. The van der Waals surface area contributed by atoms with Crippen molar-refractivity contribution in [3.8, 4) is 0 Å². The van der Waals surface area contributed by atoms with Gasteiger partial charge in [-0.3, -0.25) is 9.78 Å². The SMILES string of the molecule is CCCCCC(=O)C1CCCc2cccnc21. The van der Waals surface area contributed by atoms with Gasteiger partial charge in [0.1, 0.15) is 5.78 Å². The van der Waals surface area contributed by atoms with E-state index in [2.05, 4.69) is 18.0 Å². The molecule has 0 saturated carbocycles. The van der Waals surface area contributed by atoms with E-state index >= 15 is 0 Å². The molecule has 0 amide bonds. The van der Waals surface area contributed by atoms with Crippen LogP contribution in [0.1, 0.15) is 62.6 Å². The van der Waals surface area contributed by atoms with Crippen LogP contribution in [0.2, 0.25) is 0 Å². The van der Waals surface area contributed by atoms with E-state index in [0.717, 1.165) is 44.2 Å². The number of ketones is 1. The molecule has 1 atom stereocenters. The maximum absolute atomic E-state index is 12.2. The molecular formula is C15H21NO. The molecule has 1 heterocycles. The number of hydrogen-bond donors (Lipinski definition) is 0. The van der Waals surface area contributed by atoms with E-state index in [1.54, 1.807) is 0 Å². The zero-order valence-electron chi connectivity index (χ0n) is 10.6. The smallest absolute Gasteiger partial charge is 0.141 e. The number of carbonyl (C=O) groups is 1. The number of unbranched alkanes of at least 4 members (excludes halogenated alkanes) is 2. The molecule has 0 bridgehead atoms. The lowest BCUT2D eigenvalue weighted by molar-refractivity contribution is -0.121. The van der Waals surface area contributed by atoms with Gasteiger partial charge in [-0.15, -0.1) is 0 Å². The number of aromatic nitrogens is 1. The molecule has 0 radical (unpaired) electrons. The van der Waals surface area contributed by atoms with Crippen molar-refractivity contribution in [2.45, 2.75) is 57.8 Å². The van der Waals surface area contributed by atoms with Gasteiger partial charge >= 0.3 is 0 Å². The summed E-state index contributed by atoms with van der Waals surface area (Å²) in [5.74, 6) is 0.481. The summed E-state index contributed by atoms with van der Waals surface area (Å²) < 4.78 is 0. The quantitative estimate of drug-likeness (QED) is 0.724. The molecular weight excluding hydrogens is 210 g/mol. The maximum Gasteiger partial charge on any atom is 0.141 e. The predicted molar refractivity (Wildman–Crippen MR) is 69.1 cm³/mol. The summed E-state index contributed by atoms with van der Waals surface area (Å²) in [6.07, 6.45) is 9.12. The fourth-order valence-corrected chi connectivity index (χ4v) is 2.65. The van der Waals surface area contributed by atoms with Gasteiger partial charge < -0.3 is 0 Å². The monoisotopic (exact) mass is 231 g/mol. The van der Waals surface area contributed by atoms with Crippen LogP contribution in [-0.4, -0.2) is 10.8 Å². The van der Waals surface area contributed by atoms with Crippen LogP contribution in [-0.2, 0) is 11.2 Å². The summed E-state index contributed by atoms with van der Waals surface area (Å²) in [5, 5.41) is 0. The Bertz CT molecular complexity index is 386. The number of carbonyl (C=O) groups excluding carboxylic acids is 1. The van der Waals surface area contributed by atoms with Crippen LogP contribution in [0.15, 0.2) is 18.3 Å². The minimum atomic E-state index is 0.0804. The van der Waals surface area contributed by atoms with Crippen LogP contribution in [0.4, 0.5) is 0 Å². The van der Waals surface area contributed by atoms with Crippen molar-refractivity contribution in [1.82, 2.24) is 4.98 Å². The molecule has 1 unspecified atom stereocenters. The highest BCUT2D eigenvalue weighted by Crippen LogP contribution is 2.31. The molecule has 0 N–H and O–H groups in total. The van der Waals surface area contributed by atoms with Crippen molar-refractivity contribution in [1.29, 1.82) is 0 Å². The van der Waals surface area contributed by atoms with Gasteiger partial charge in [-0.25, -0.2) is 0 Å². The number of rotatable bonds is 5. The second-order valence-electron chi connectivity index (χ2n) is 4.92. The van der Waals surface area contributed by atoms with Gasteiger partial charge in [-0.1, -0.05) is 25.8 Å². The molecule has 0 aromatic carbocycles. The largest absolute Gasteiger partial charge is 0.299 e. The first kappa shape index (κ1) is 12.3. The Hall–Kier alpha value is -1.18. The average molecular weight is 231 g/mol. The minimum Gasteiger partial charge on any atom is -0.299 e. The molecule has 92 valence electrons. The van der Waals surface area contributed by atoms with Gasteiger partial charge in [0, 0.05) is 12.6 Å². The van der Waals surface area contributed by atoms with Crippen LogP contribution in [0, 0.1) is 0 Å². The average Bonchev–Trinajstić information content (AvgIpc) is 2.38. The van der Waals surface area contributed by atoms with Crippen molar-refractivity contribution < 1.29 is 4.79 Å². The second-order valence-corrected chi connectivity index (χ2v) is 4.92. The van der Waals surface area contributed by atoms with Crippen molar-refractivity contribution in [2.75, 3.05) is 0 Å². The first-order chi connectivity index (χ1) is 8.33. The molecule has 0 aliphatic heterocycles. The highest BCUT2D eigenvalue weighted by atomic mass is 16.1. The van der Waals surface area contributed by atoms with Gasteiger partial charge in [-0.05, 0) is 37.3 Å². The molecule has 1 aromatic heterocycles. The van der Waals surface area contributed by atoms with Gasteiger partial charge in [0.2, 0.25) is 0 Å². The van der Waals surface area contributed by atoms with E-state index in [1.165, 1.54) is 12.0 Å². The highest BCUT2D eigenvalue weighted by molar-refractivity contribution is 5.85. The number of pyridine rings is 1. The molecule has 0 spiro atoms. The van der Waals surface area contributed by atoms with Crippen molar-refractivity contribution in [3.05, 3.63) is 29.6 Å². The van der Waals surface area contributed by atoms with Crippen LogP contribution < -0.4 is 0 Å². The van der Waals surface area contributed by atoms with Crippen LogP contribution in [0.25, 0.3) is 0 Å². The molecule has 2 heteroatoms. The Balaban J connectivity index is 2.05. The third kappa shape index (κ3) is 2.93. The van der Waals surface area contributed by atoms with E-state index in [-0.39, 0.29) is 5.92 Å². The Kier molecular flexibility index (Phi) is 4.29. The summed E-state index contributed by atoms with van der Waals surface area (Å²) in [6, 6.07) is 4.09. The van der Waals surface area contributed by atoms with Gasteiger partial charge in [-0.2, -0.15) is 0 Å². The Labute approximate surface area is 103 Å². The first-order valence-electron chi connectivity index (χ1n) is 6.79. The molecule has 1 aromatic rings. The molecule has 0 fully saturated rings. The molecule has 0 saturated heterocycles. The number of Topliss-reactive ketones (excluding diaryl/α,β-unsaturated/α-hetero) is 1. The highest BCUT2D eigenvalue weighted by Gasteiger charge is 2.26. The minimum absolute atomic E-state index is 0.0804. The van der Waals surface area contributed by atoms with Crippen molar-refractivity contribution in [2.24, 2.45) is 0 Å². The number of nitrogens with zero attached hydrogens (tertiary/aromatic N) is 1. The van der Waals surface area contributed by atoms with E-state index in [1.807, 2.05) is 12.3 Å². The molecule has 2 rings (SSSR count). The maximum atomic E-state index is 12.2. The lowest BCUT2D eigenvalue weighted by atomic mass is 9.82. The normalized spacial score (nSPS) is 18.8. The summed E-state index contributed by atoms with van der Waals surface area (Å²) in [4.78, 5) is 16.6. The van der Waals surface area contributed by atoms with Crippen LogP contribution >= 0.6 is 0 Å². The Morgan fingerprint density at radius 3 is 3.18 bits per heavy atom. The summed E-state index contributed by atoms with van der Waals surface area (Å²) in [5.41, 5.74) is 2.34. The molecule has 17 heavy (non-hydrogen) atoms.